The third kappa shape index (κ3) is 6.97. The number of nitrogens with one attached hydrogen (secondary N) is 3. The molecule has 3 heterocycles. The van der Waals surface area contributed by atoms with Gasteiger partial charge in [0.2, 0.25) is 11.8 Å². The second-order valence-electron chi connectivity index (χ2n) is 10.7. The summed E-state index contributed by atoms with van der Waals surface area (Å²) in [6.45, 7) is 0.913. The van der Waals surface area contributed by atoms with E-state index in [-0.39, 0.29) is 30.2 Å². The summed E-state index contributed by atoms with van der Waals surface area (Å²) in [4.78, 5) is 48.8. The van der Waals surface area contributed by atoms with Gasteiger partial charge in [-0.05, 0) is 73.6 Å². The number of aromatic amines is 2. The van der Waals surface area contributed by atoms with Gasteiger partial charge in [-0.3, -0.25) is 19.4 Å². The van der Waals surface area contributed by atoms with Gasteiger partial charge in [0.25, 0.3) is 5.56 Å². The number of hydrogen-bond acceptors (Lipinski definition) is 4. The highest BCUT2D eigenvalue weighted by molar-refractivity contribution is 5.94. The van der Waals surface area contributed by atoms with E-state index in [9.17, 15) is 23.2 Å². The molecule has 5 rings (SSSR count). The largest absolute Gasteiger partial charge is 0.366 e. The van der Waals surface area contributed by atoms with Crippen molar-refractivity contribution in [2.24, 2.45) is 5.73 Å². The quantitative estimate of drug-likeness (QED) is 0.155. The number of benzene rings is 1. The Labute approximate surface area is 247 Å². The second-order valence-corrected chi connectivity index (χ2v) is 10.7. The molecule has 1 saturated carbocycles. The third-order valence-corrected chi connectivity index (χ3v) is 7.66. The third-order valence-electron chi connectivity index (χ3n) is 7.66. The molecule has 0 saturated heterocycles. The Balaban J connectivity index is 1.48. The van der Waals surface area contributed by atoms with Crippen LogP contribution >= 0.6 is 0 Å². The van der Waals surface area contributed by atoms with Gasteiger partial charge >= 0.3 is 0 Å². The highest BCUT2D eigenvalue weighted by Gasteiger charge is 2.27. The molecule has 3 aromatic heterocycles. The van der Waals surface area contributed by atoms with Crippen LogP contribution in [-0.2, 0) is 11.2 Å². The number of carbonyl (C=O) groups excluding carboxylic acids is 2. The Morgan fingerprint density at radius 1 is 1.21 bits per heavy atom. The summed E-state index contributed by atoms with van der Waals surface area (Å²) in [5.41, 5.74) is 10.9. The van der Waals surface area contributed by atoms with Gasteiger partial charge in [0.1, 0.15) is 12.5 Å². The van der Waals surface area contributed by atoms with Crippen LogP contribution < -0.4 is 16.6 Å². The zero-order chi connectivity index (χ0) is 30.5. The zero-order valence-electron chi connectivity index (χ0n) is 23.8. The predicted octanol–water partition coefficient (Wildman–Crippen LogP) is 5.84. The van der Waals surface area contributed by atoms with Crippen molar-refractivity contribution in [3.05, 3.63) is 111 Å². The van der Waals surface area contributed by atoms with Crippen molar-refractivity contribution >= 4 is 22.8 Å². The molecule has 0 aliphatic heterocycles. The molecule has 8 nitrogen and oxygen atoms in total. The lowest BCUT2D eigenvalue weighted by atomic mass is 9.93. The number of aromatic nitrogens is 3. The number of hydrogen-bond donors (Lipinski definition) is 4. The molecule has 1 fully saturated rings. The Hall–Kier alpha value is -4.86. The lowest BCUT2D eigenvalue weighted by molar-refractivity contribution is -0.121. The number of H-pyrrole nitrogens is 2. The molecular formula is C33H33F2N5O3. The van der Waals surface area contributed by atoms with Gasteiger partial charge in [-0.1, -0.05) is 30.7 Å². The van der Waals surface area contributed by atoms with Gasteiger partial charge in [0.15, 0.2) is 0 Å². The fourth-order valence-corrected chi connectivity index (χ4v) is 5.30. The minimum atomic E-state index is -0.936. The monoisotopic (exact) mass is 585 g/mol. The minimum absolute atomic E-state index is 0.0319. The molecule has 1 aromatic carbocycles. The Kier molecular flexibility index (Phi) is 8.94. The molecule has 2 amide bonds. The van der Waals surface area contributed by atoms with Gasteiger partial charge in [0, 0.05) is 34.6 Å². The summed E-state index contributed by atoms with van der Waals surface area (Å²) < 4.78 is 27.0. The highest BCUT2D eigenvalue weighted by atomic mass is 19.1. The summed E-state index contributed by atoms with van der Waals surface area (Å²) in [5, 5.41) is 3.05. The van der Waals surface area contributed by atoms with Crippen LogP contribution in [0.1, 0.15) is 71.7 Å². The normalized spacial score (nSPS) is 14.6. The van der Waals surface area contributed by atoms with Crippen molar-refractivity contribution in [1.29, 1.82) is 0 Å². The van der Waals surface area contributed by atoms with Crippen LogP contribution in [0.2, 0.25) is 0 Å². The molecule has 10 heteroatoms. The van der Waals surface area contributed by atoms with Crippen molar-refractivity contribution < 1.29 is 18.4 Å². The number of amides is 2. The maximum atomic E-state index is 14.3. The van der Waals surface area contributed by atoms with Crippen molar-refractivity contribution in [2.45, 2.75) is 51.0 Å². The average Bonchev–Trinajstić information content (AvgIpc) is 3.78. The number of nitrogens with zero attached hydrogens (tertiary/aromatic N) is 1. The Morgan fingerprint density at radius 3 is 2.74 bits per heavy atom. The molecule has 0 spiro atoms. The number of primary amides is 1. The molecule has 1 aliphatic carbocycles. The first-order valence-electron chi connectivity index (χ1n) is 14.3. The molecule has 1 atom stereocenters. The fraction of sp³-hybridized carbons (Fsp3) is 0.273. The van der Waals surface area contributed by atoms with Crippen LogP contribution in [0.25, 0.3) is 22.2 Å². The van der Waals surface area contributed by atoms with Crippen LogP contribution in [0, 0.1) is 0 Å². The van der Waals surface area contributed by atoms with Crippen molar-refractivity contribution in [1.82, 2.24) is 20.3 Å². The number of nitrogens with two attached hydrogens (primary N) is 1. The van der Waals surface area contributed by atoms with E-state index in [1.165, 1.54) is 6.08 Å². The lowest BCUT2D eigenvalue weighted by Gasteiger charge is -2.22. The van der Waals surface area contributed by atoms with E-state index >= 15 is 0 Å². The minimum Gasteiger partial charge on any atom is -0.366 e. The zero-order valence-corrected chi connectivity index (χ0v) is 23.8. The first kappa shape index (κ1) is 29.6. The van der Waals surface area contributed by atoms with Gasteiger partial charge in [-0.25, -0.2) is 8.78 Å². The van der Waals surface area contributed by atoms with Gasteiger partial charge in [-0.2, -0.15) is 0 Å². The smallest absolute Gasteiger partial charge is 0.252 e. The SMILES string of the molecule is CCC(=CC(F)=CCF)CC(NC(=O)Cc1c[nH]c2cc(C3CC3)c(=O)[nH]c12)c1ncccc1-c1cccc(C(N)=O)c1. The Bertz CT molecular complexity index is 1780. The fourth-order valence-electron chi connectivity index (χ4n) is 5.30. The van der Waals surface area contributed by atoms with E-state index < -0.39 is 24.5 Å². The number of carbonyl (C=O) groups is 2. The lowest BCUT2D eigenvalue weighted by Crippen LogP contribution is -2.31. The average molecular weight is 586 g/mol. The summed E-state index contributed by atoms with van der Waals surface area (Å²) in [6, 6.07) is 11.5. The van der Waals surface area contributed by atoms with Gasteiger partial charge < -0.3 is 21.0 Å². The van der Waals surface area contributed by atoms with Crippen molar-refractivity contribution in [3.8, 4) is 11.1 Å². The van der Waals surface area contributed by atoms with Crippen LogP contribution in [0.4, 0.5) is 8.78 Å². The highest BCUT2D eigenvalue weighted by Crippen LogP contribution is 2.39. The van der Waals surface area contributed by atoms with Gasteiger partial charge in [-0.15, -0.1) is 0 Å². The molecule has 222 valence electrons. The molecule has 0 radical (unpaired) electrons. The predicted molar refractivity (Wildman–Crippen MR) is 162 cm³/mol. The molecule has 0 bridgehead atoms. The second kappa shape index (κ2) is 13.0. The van der Waals surface area contributed by atoms with E-state index in [1.54, 1.807) is 36.7 Å². The summed E-state index contributed by atoms with van der Waals surface area (Å²) in [6.07, 6.45) is 8.03. The summed E-state index contributed by atoms with van der Waals surface area (Å²) >= 11 is 0. The van der Waals surface area contributed by atoms with E-state index in [4.69, 9.17) is 5.73 Å². The molecule has 5 N–H and O–H groups in total. The summed E-state index contributed by atoms with van der Waals surface area (Å²) in [7, 11) is 0. The van der Waals surface area contributed by atoms with E-state index in [0.717, 1.165) is 30.0 Å². The van der Waals surface area contributed by atoms with Crippen LogP contribution in [0.5, 0.6) is 0 Å². The van der Waals surface area contributed by atoms with Crippen molar-refractivity contribution in [3.63, 3.8) is 0 Å². The number of pyridine rings is 2. The van der Waals surface area contributed by atoms with Gasteiger partial charge in [0.05, 0.1) is 29.2 Å². The topological polar surface area (TPSA) is 134 Å². The van der Waals surface area contributed by atoms with E-state index in [2.05, 4.69) is 20.3 Å². The number of fused-ring (bicyclic) bond motifs is 1. The number of allylic oxidation sites excluding steroid dienone is 3. The number of halogens is 2. The number of alkyl halides is 1. The maximum absolute atomic E-state index is 14.3. The van der Waals surface area contributed by atoms with Crippen LogP contribution in [0.15, 0.2) is 83.2 Å². The maximum Gasteiger partial charge on any atom is 0.252 e. The van der Waals surface area contributed by atoms with Crippen molar-refractivity contribution in [2.75, 3.05) is 6.67 Å². The standard InChI is InChI=1S/C33H33F2N5O3/c1-2-19(13-24(35)10-11-34)14-28(31-25(7-4-12-37-31)21-5-3-6-22(15-21)32(36)42)39-29(41)16-23-18-38-27-17-26(20-8-9-20)33(43)40-30(23)27/h3-7,10,12-13,15,17-18,20,28,38H,2,8-9,11,14,16H2,1H3,(H2,36,42)(H,39,41)(H,40,43). The van der Waals surface area contributed by atoms with Crippen LogP contribution in [-0.4, -0.2) is 33.4 Å². The molecule has 1 unspecified atom stereocenters. The van der Waals surface area contributed by atoms with Crippen LogP contribution in [0.3, 0.4) is 0 Å². The van der Waals surface area contributed by atoms with E-state index in [1.807, 2.05) is 25.1 Å². The Morgan fingerprint density at radius 2 is 2.02 bits per heavy atom. The van der Waals surface area contributed by atoms with E-state index in [0.29, 0.717) is 45.5 Å². The first-order chi connectivity index (χ1) is 20.8. The summed E-state index contributed by atoms with van der Waals surface area (Å²) in [5.74, 6) is -1.33. The first-order valence-corrected chi connectivity index (χ1v) is 14.3. The number of rotatable bonds is 12. The molecular weight excluding hydrogens is 552 g/mol. The molecule has 1 aliphatic rings. The molecule has 43 heavy (non-hydrogen) atoms. The molecule has 4 aromatic rings.